The van der Waals surface area contributed by atoms with Crippen LogP contribution < -0.4 is 4.74 Å². The Morgan fingerprint density at radius 3 is 2.82 bits per heavy atom. The standard InChI is InChI=1S/C16H20N4O2/c1-9-13-8-20(14(9)7-19(13)2)16(21)15-11-6-10(22-3)4-5-12(11)17-18-15/h4-6,9,13-14H,7-8H2,1-3H3,(H,17,18)/t9-,13-,14-/m1/s1. The number of likely N-dealkylation sites (N-methyl/N-ethyl adjacent to an activating group) is 1. The average molecular weight is 300 g/mol. The fourth-order valence-electron chi connectivity index (χ4n) is 3.93. The molecule has 116 valence electrons. The number of hydrogen-bond acceptors (Lipinski definition) is 4. The first-order chi connectivity index (χ1) is 10.6. The van der Waals surface area contributed by atoms with Gasteiger partial charge < -0.3 is 9.64 Å². The topological polar surface area (TPSA) is 61.5 Å². The molecule has 2 aromatic rings. The van der Waals surface area contributed by atoms with Gasteiger partial charge in [0, 0.05) is 30.6 Å². The predicted molar refractivity (Wildman–Crippen MR) is 83.1 cm³/mol. The van der Waals surface area contributed by atoms with E-state index in [2.05, 4.69) is 29.1 Å². The average Bonchev–Trinajstić information content (AvgIpc) is 3.16. The van der Waals surface area contributed by atoms with E-state index in [1.165, 1.54) is 0 Å². The minimum absolute atomic E-state index is 0.0203. The maximum absolute atomic E-state index is 12.9. The van der Waals surface area contributed by atoms with E-state index in [4.69, 9.17) is 4.74 Å². The highest BCUT2D eigenvalue weighted by Crippen LogP contribution is 2.36. The summed E-state index contributed by atoms with van der Waals surface area (Å²) in [4.78, 5) is 17.3. The van der Waals surface area contributed by atoms with Gasteiger partial charge in [-0.15, -0.1) is 0 Å². The number of ether oxygens (including phenoxy) is 1. The van der Waals surface area contributed by atoms with E-state index in [0.717, 1.165) is 29.7 Å². The van der Waals surface area contributed by atoms with Crippen LogP contribution in [0.15, 0.2) is 18.2 Å². The molecule has 1 aromatic heterocycles. The molecule has 0 unspecified atom stereocenters. The molecule has 4 rings (SSSR count). The fraction of sp³-hybridized carbons (Fsp3) is 0.500. The summed E-state index contributed by atoms with van der Waals surface area (Å²) in [7, 11) is 3.76. The van der Waals surface area contributed by atoms with Gasteiger partial charge in [0.15, 0.2) is 5.69 Å². The van der Waals surface area contributed by atoms with Crippen LogP contribution in [0, 0.1) is 5.92 Å². The van der Waals surface area contributed by atoms with Gasteiger partial charge in [0.1, 0.15) is 5.75 Å². The summed E-state index contributed by atoms with van der Waals surface area (Å²) in [6.07, 6.45) is 0. The first-order valence-corrected chi connectivity index (χ1v) is 7.63. The number of H-pyrrole nitrogens is 1. The van der Waals surface area contributed by atoms with E-state index in [9.17, 15) is 4.79 Å². The molecule has 0 saturated carbocycles. The number of methoxy groups -OCH3 is 1. The molecule has 1 amide bonds. The number of nitrogens with zero attached hydrogens (tertiary/aromatic N) is 3. The second kappa shape index (κ2) is 4.71. The van der Waals surface area contributed by atoms with Crippen LogP contribution >= 0.6 is 0 Å². The highest BCUT2D eigenvalue weighted by atomic mass is 16.5. The molecular formula is C16H20N4O2. The molecule has 0 spiro atoms. The van der Waals surface area contributed by atoms with Crippen molar-refractivity contribution in [2.24, 2.45) is 5.92 Å². The van der Waals surface area contributed by atoms with E-state index in [1.54, 1.807) is 7.11 Å². The number of fused-ring (bicyclic) bond motifs is 3. The Morgan fingerprint density at radius 1 is 1.36 bits per heavy atom. The van der Waals surface area contributed by atoms with Crippen molar-refractivity contribution in [3.05, 3.63) is 23.9 Å². The molecule has 0 aliphatic carbocycles. The molecule has 1 aromatic carbocycles. The number of carbonyl (C=O) groups is 1. The van der Waals surface area contributed by atoms with Gasteiger partial charge in [0.05, 0.1) is 12.6 Å². The first kappa shape index (κ1) is 13.6. The Kier molecular flexibility index (Phi) is 2.91. The highest BCUT2D eigenvalue weighted by Gasteiger charge is 2.49. The van der Waals surface area contributed by atoms with Gasteiger partial charge in [0.2, 0.25) is 0 Å². The smallest absolute Gasteiger partial charge is 0.275 e. The molecule has 6 nitrogen and oxygen atoms in total. The van der Waals surface area contributed by atoms with Crippen LogP contribution in [0.3, 0.4) is 0 Å². The van der Waals surface area contributed by atoms with E-state index in [0.29, 0.717) is 23.7 Å². The summed E-state index contributed by atoms with van der Waals surface area (Å²) >= 11 is 0. The lowest BCUT2D eigenvalue weighted by Gasteiger charge is -2.31. The van der Waals surface area contributed by atoms with Crippen molar-refractivity contribution in [1.82, 2.24) is 20.0 Å². The molecule has 3 atom stereocenters. The largest absolute Gasteiger partial charge is 0.497 e. The zero-order valence-corrected chi connectivity index (χ0v) is 13.0. The zero-order valence-electron chi connectivity index (χ0n) is 13.0. The summed E-state index contributed by atoms with van der Waals surface area (Å²) in [5.41, 5.74) is 1.36. The molecule has 0 radical (unpaired) electrons. The molecule has 2 saturated heterocycles. The molecule has 22 heavy (non-hydrogen) atoms. The van der Waals surface area contributed by atoms with Crippen molar-refractivity contribution in [1.29, 1.82) is 0 Å². The van der Waals surface area contributed by atoms with E-state index in [-0.39, 0.29) is 5.91 Å². The third kappa shape index (κ3) is 1.76. The minimum Gasteiger partial charge on any atom is -0.497 e. The maximum Gasteiger partial charge on any atom is 0.275 e. The molecule has 2 aliphatic rings. The number of nitrogens with one attached hydrogen (secondary N) is 1. The number of amides is 1. The number of likely N-dealkylation sites (tertiary alicyclic amines) is 2. The number of carbonyl (C=O) groups excluding carboxylic acids is 1. The summed E-state index contributed by atoms with van der Waals surface area (Å²) in [5, 5.41) is 8.03. The van der Waals surface area contributed by atoms with Gasteiger partial charge in [-0.3, -0.25) is 14.8 Å². The molecule has 2 aliphatic heterocycles. The van der Waals surface area contributed by atoms with Crippen LogP contribution in [-0.4, -0.2) is 65.2 Å². The Labute approximate surface area is 129 Å². The quantitative estimate of drug-likeness (QED) is 0.909. The van der Waals surface area contributed by atoms with Gasteiger partial charge in [-0.05, 0) is 31.2 Å². The van der Waals surface area contributed by atoms with Gasteiger partial charge in [-0.25, -0.2) is 0 Å². The van der Waals surface area contributed by atoms with Gasteiger partial charge >= 0.3 is 0 Å². The molecular weight excluding hydrogens is 280 g/mol. The van der Waals surface area contributed by atoms with Crippen LogP contribution in [0.5, 0.6) is 5.75 Å². The predicted octanol–water partition coefficient (Wildman–Crippen LogP) is 1.35. The fourth-order valence-corrected chi connectivity index (χ4v) is 3.93. The van der Waals surface area contributed by atoms with Gasteiger partial charge in [-0.1, -0.05) is 6.92 Å². The van der Waals surface area contributed by atoms with E-state index < -0.39 is 0 Å². The zero-order chi connectivity index (χ0) is 15.4. The number of hydrogen-bond donors (Lipinski definition) is 1. The van der Waals surface area contributed by atoms with E-state index in [1.807, 2.05) is 23.1 Å². The van der Waals surface area contributed by atoms with Crippen LogP contribution in [0.25, 0.3) is 10.9 Å². The SMILES string of the molecule is COc1ccc2[nH]nc(C(=O)N3C[C@@H]4[C@@H](C)[C@H]3CN4C)c2c1. The lowest BCUT2D eigenvalue weighted by Crippen LogP contribution is -2.47. The molecule has 1 N–H and O–H groups in total. The Balaban J connectivity index is 1.69. The van der Waals surface area contributed by atoms with Crippen molar-refractivity contribution in [3.8, 4) is 5.75 Å². The molecule has 3 heterocycles. The molecule has 2 bridgehead atoms. The van der Waals surface area contributed by atoms with Crippen LogP contribution in [0.1, 0.15) is 17.4 Å². The lowest BCUT2D eigenvalue weighted by atomic mass is 10.0. The maximum atomic E-state index is 12.9. The minimum atomic E-state index is 0.0203. The number of aromatic nitrogens is 2. The Bertz CT molecular complexity index is 741. The van der Waals surface area contributed by atoms with Gasteiger partial charge in [-0.2, -0.15) is 5.10 Å². The third-order valence-corrected chi connectivity index (χ3v) is 5.27. The monoisotopic (exact) mass is 300 g/mol. The van der Waals surface area contributed by atoms with Crippen LogP contribution in [0.4, 0.5) is 0 Å². The van der Waals surface area contributed by atoms with Crippen molar-refractivity contribution in [2.45, 2.75) is 19.0 Å². The molecule has 6 heteroatoms. The van der Waals surface area contributed by atoms with Crippen molar-refractivity contribution >= 4 is 16.8 Å². The van der Waals surface area contributed by atoms with Crippen LogP contribution in [0.2, 0.25) is 0 Å². The van der Waals surface area contributed by atoms with Crippen molar-refractivity contribution in [2.75, 3.05) is 27.2 Å². The highest BCUT2D eigenvalue weighted by molar-refractivity contribution is 6.05. The van der Waals surface area contributed by atoms with E-state index >= 15 is 0 Å². The second-order valence-electron chi connectivity index (χ2n) is 6.37. The number of benzene rings is 1. The Morgan fingerprint density at radius 2 is 2.18 bits per heavy atom. The summed E-state index contributed by atoms with van der Waals surface area (Å²) in [6, 6.07) is 6.39. The lowest BCUT2D eigenvalue weighted by molar-refractivity contribution is 0.0643. The van der Waals surface area contributed by atoms with Crippen LogP contribution in [-0.2, 0) is 0 Å². The number of rotatable bonds is 2. The Hall–Kier alpha value is -2.08. The second-order valence-corrected chi connectivity index (χ2v) is 6.37. The molecule has 2 fully saturated rings. The van der Waals surface area contributed by atoms with Crippen molar-refractivity contribution < 1.29 is 9.53 Å². The summed E-state index contributed by atoms with van der Waals surface area (Å²) in [5.74, 6) is 1.28. The third-order valence-electron chi connectivity index (χ3n) is 5.27. The number of aromatic amines is 1. The summed E-state index contributed by atoms with van der Waals surface area (Å²) in [6.45, 7) is 3.97. The number of piperazine rings is 1. The summed E-state index contributed by atoms with van der Waals surface area (Å²) < 4.78 is 5.26. The van der Waals surface area contributed by atoms with Gasteiger partial charge in [0.25, 0.3) is 5.91 Å². The first-order valence-electron chi connectivity index (χ1n) is 7.63. The van der Waals surface area contributed by atoms with Crippen molar-refractivity contribution in [3.63, 3.8) is 0 Å². The normalized spacial score (nSPS) is 27.8.